The van der Waals surface area contributed by atoms with Crippen LogP contribution in [0.1, 0.15) is 15.9 Å². The minimum Gasteiger partial charge on any atom is -0.390 e. The zero-order valence-corrected chi connectivity index (χ0v) is 18.7. The number of rotatable bonds is 4. The molecule has 0 radical (unpaired) electrons. The first-order valence-corrected chi connectivity index (χ1v) is 11.2. The van der Waals surface area contributed by atoms with Gasteiger partial charge in [0.25, 0.3) is 5.91 Å². The summed E-state index contributed by atoms with van der Waals surface area (Å²) in [5.74, 6) is -0.0651. The highest BCUT2D eigenvalue weighted by Crippen LogP contribution is 2.23. The van der Waals surface area contributed by atoms with Gasteiger partial charge in [0.2, 0.25) is 0 Å². The van der Waals surface area contributed by atoms with Gasteiger partial charge in [-0.2, -0.15) is 0 Å². The van der Waals surface area contributed by atoms with Gasteiger partial charge in [-0.05, 0) is 48.0 Å². The predicted octanol–water partition coefficient (Wildman–Crippen LogP) is 3.65. The molecule has 2 aromatic carbocycles. The summed E-state index contributed by atoms with van der Waals surface area (Å²) in [6.07, 6.45) is -0.542. The zero-order chi connectivity index (χ0) is 21.3. The van der Waals surface area contributed by atoms with Crippen LogP contribution in [-0.4, -0.2) is 77.1 Å². The van der Waals surface area contributed by atoms with Crippen molar-refractivity contribution in [2.75, 3.05) is 39.3 Å². The quantitative estimate of drug-likeness (QED) is 0.744. The van der Waals surface area contributed by atoms with Gasteiger partial charge in [-0.1, -0.05) is 34.8 Å². The lowest BCUT2D eigenvalue weighted by Gasteiger charge is -2.38. The molecule has 2 unspecified atom stereocenters. The van der Waals surface area contributed by atoms with Crippen LogP contribution in [0, 0.1) is 0 Å². The van der Waals surface area contributed by atoms with Gasteiger partial charge in [0.05, 0.1) is 12.1 Å². The molecule has 5 nitrogen and oxygen atoms in total. The van der Waals surface area contributed by atoms with Crippen LogP contribution < -0.4 is 0 Å². The Morgan fingerprint density at radius 2 is 1.53 bits per heavy atom. The number of nitrogens with zero attached hydrogens (tertiary/aromatic N) is 3. The van der Waals surface area contributed by atoms with Crippen LogP contribution in [0.25, 0.3) is 0 Å². The van der Waals surface area contributed by atoms with Crippen molar-refractivity contribution in [3.63, 3.8) is 0 Å². The number of aliphatic hydroxyl groups is 1. The molecule has 1 amide bonds. The summed E-state index contributed by atoms with van der Waals surface area (Å²) < 4.78 is 0. The first kappa shape index (κ1) is 21.9. The number of carbonyl (C=O) groups is 1. The van der Waals surface area contributed by atoms with Crippen molar-refractivity contribution in [1.29, 1.82) is 0 Å². The van der Waals surface area contributed by atoms with Gasteiger partial charge in [-0.25, -0.2) is 0 Å². The number of aliphatic hydroxyl groups excluding tert-OH is 1. The van der Waals surface area contributed by atoms with Gasteiger partial charge >= 0.3 is 0 Å². The van der Waals surface area contributed by atoms with Crippen molar-refractivity contribution in [3.05, 3.63) is 68.7 Å². The highest BCUT2D eigenvalue weighted by atomic mass is 35.5. The summed E-state index contributed by atoms with van der Waals surface area (Å²) in [4.78, 5) is 19.2. The maximum absolute atomic E-state index is 12.8. The summed E-state index contributed by atoms with van der Waals surface area (Å²) in [6, 6.07) is 12.5. The number of β-amino-alcohol motifs (C(OH)–C–C–N with tert-alkyl or cyclic N) is 1. The second-order valence-electron chi connectivity index (χ2n) is 7.94. The maximum Gasteiger partial charge on any atom is 0.253 e. The Bertz CT molecular complexity index is 881. The van der Waals surface area contributed by atoms with E-state index in [9.17, 15) is 9.90 Å². The molecule has 0 aromatic heterocycles. The second-order valence-corrected chi connectivity index (χ2v) is 9.25. The third-order valence-electron chi connectivity index (χ3n) is 5.84. The van der Waals surface area contributed by atoms with E-state index < -0.39 is 6.10 Å². The van der Waals surface area contributed by atoms with Crippen LogP contribution in [0.5, 0.6) is 0 Å². The first-order valence-electron chi connectivity index (χ1n) is 10.0. The molecule has 1 N–H and O–H groups in total. The van der Waals surface area contributed by atoms with E-state index in [4.69, 9.17) is 34.8 Å². The fourth-order valence-electron chi connectivity index (χ4n) is 4.28. The van der Waals surface area contributed by atoms with E-state index >= 15 is 0 Å². The van der Waals surface area contributed by atoms with Crippen molar-refractivity contribution < 1.29 is 9.90 Å². The Morgan fingerprint density at radius 3 is 2.17 bits per heavy atom. The molecular weight excluding hydrogens is 445 g/mol. The highest BCUT2D eigenvalue weighted by molar-refractivity contribution is 6.34. The third kappa shape index (κ3) is 5.10. The summed E-state index contributed by atoms with van der Waals surface area (Å²) in [7, 11) is 0. The Balaban J connectivity index is 1.32. The number of hydrogen-bond acceptors (Lipinski definition) is 4. The van der Waals surface area contributed by atoms with E-state index in [1.54, 1.807) is 35.2 Å². The molecule has 0 aliphatic carbocycles. The number of carbonyl (C=O) groups excluding carboxylic acids is 1. The fraction of sp³-hybridized carbons (Fsp3) is 0.409. The highest BCUT2D eigenvalue weighted by Gasteiger charge is 2.38. The van der Waals surface area contributed by atoms with Crippen LogP contribution in [0.4, 0.5) is 0 Å². The van der Waals surface area contributed by atoms with Crippen molar-refractivity contribution in [1.82, 2.24) is 14.7 Å². The normalized spacial score (nSPS) is 23.1. The standard InChI is InChI=1S/C22H24Cl3N3O2/c23-17-3-1-16(2-4-17)22(30)28-13-20(21(29)14-28)27-7-5-26(6-8-27)12-15-9-18(24)11-19(25)10-15/h1-4,9-11,20-21,29H,5-8,12-14H2. The van der Waals surface area contributed by atoms with Crippen LogP contribution in [-0.2, 0) is 6.54 Å². The predicted molar refractivity (Wildman–Crippen MR) is 120 cm³/mol. The molecular formula is C22H24Cl3N3O2. The van der Waals surface area contributed by atoms with Crippen molar-refractivity contribution >= 4 is 40.7 Å². The van der Waals surface area contributed by atoms with Crippen LogP contribution in [0.3, 0.4) is 0 Å². The number of benzene rings is 2. The van der Waals surface area contributed by atoms with Gasteiger partial charge < -0.3 is 10.0 Å². The van der Waals surface area contributed by atoms with Crippen LogP contribution >= 0.6 is 34.8 Å². The molecule has 30 heavy (non-hydrogen) atoms. The van der Waals surface area contributed by atoms with Gasteiger partial charge in [0, 0.05) is 66.4 Å². The molecule has 2 saturated heterocycles. The van der Waals surface area contributed by atoms with Crippen LogP contribution in [0.2, 0.25) is 15.1 Å². The Hall–Kier alpha value is -1.34. The molecule has 2 fully saturated rings. The van der Waals surface area contributed by atoms with E-state index in [0.717, 1.165) is 38.3 Å². The average molecular weight is 469 g/mol. The molecule has 0 bridgehead atoms. The minimum absolute atomic E-state index is 0.0379. The number of halogens is 3. The van der Waals surface area contributed by atoms with Gasteiger partial charge in [-0.3, -0.25) is 14.6 Å². The molecule has 2 aliphatic rings. The molecule has 160 valence electrons. The largest absolute Gasteiger partial charge is 0.390 e. The van der Waals surface area contributed by atoms with E-state index in [0.29, 0.717) is 33.7 Å². The van der Waals surface area contributed by atoms with E-state index in [1.165, 1.54) is 0 Å². The smallest absolute Gasteiger partial charge is 0.253 e. The van der Waals surface area contributed by atoms with Gasteiger partial charge in [0.1, 0.15) is 0 Å². The lowest BCUT2D eigenvalue weighted by atomic mass is 10.1. The van der Waals surface area contributed by atoms with Crippen molar-refractivity contribution in [3.8, 4) is 0 Å². The number of likely N-dealkylation sites (tertiary alicyclic amines) is 1. The monoisotopic (exact) mass is 467 g/mol. The third-order valence-corrected chi connectivity index (χ3v) is 6.53. The summed E-state index contributed by atoms with van der Waals surface area (Å²) in [5.41, 5.74) is 1.69. The van der Waals surface area contributed by atoms with Gasteiger partial charge in [0.15, 0.2) is 0 Å². The molecule has 2 aliphatic heterocycles. The first-order chi connectivity index (χ1) is 14.4. The number of piperazine rings is 1. The molecule has 4 rings (SSSR count). The van der Waals surface area contributed by atoms with E-state index in [2.05, 4.69) is 9.80 Å². The van der Waals surface area contributed by atoms with E-state index in [-0.39, 0.29) is 11.9 Å². The van der Waals surface area contributed by atoms with Gasteiger partial charge in [-0.15, -0.1) is 0 Å². The lowest BCUT2D eigenvalue weighted by molar-refractivity contribution is 0.0423. The summed E-state index contributed by atoms with van der Waals surface area (Å²) in [6.45, 7) is 5.15. The molecule has 0 spiro atoms. The number of amides is 1. The topological polar surface area (TPSA) is 47.0 Å². The minimum atomic E-state index is -0.542. The van der Waals surface area contributed by atoms with E-state index in [1.807, 2.05) is 12.1 Å². The Kier molecular flexibility index (Phi) is 6.88. The maximum atomic E-state index is 12.8. The Morgan fingerprint density at radius 1 is 0.900 bits per heavy atom. The SMILES string of the molecule is O=C(c1ccc(Cl)cc1)N1CC(O)C(N2CCN(Cc3cc(Cl)cc(Cl)c3)CC2)C1. The lowest BCUT2D eigenvalue weighted by Crippen LogP contribution is -2.53. The zero-order valence-electron chi connectivity index (χ0n) is 16.5. The molecule has 8 heteroatoms. The molecule has 2 heterocycles. The number of hydrogen-bond donors (Lipinski definition) is 1. The molecule has 0 saturated carbocycles. The van der Waals surface area contributed by atoms with Crippen LogP contribution in [0.15, 0.2) is 42.5 Å². The molecule has 2 aromatic rings. The second kappa shape index (κ2) is 9.43. The fourth-order valence-corrected chi connectivity index (χ4v) is 4.98. The summed E-state index contributed by atoms with van der Waals surface area (Å²) >= 11 is 18.1. The summed E-state index contributed by atoms with van der Waals surface area (Å²) in [5, 5.41) is 12.5. The average Bonchev–Trinajstić information content (AvgIpc) is 3.09. The Labute approximate surface area is 191 Å². The molecule has 2 atom stereocenters. The van der Waals surface area contributed by atoms with Crippen molar-refractivity contribution in [2.45, 2.75) is 18.7 Å². The van der Waals surface area contributed by atoms with Crippen molar-refractivity contribution in [2.24, 2.45) is 0 Å².